The van der Waals surface area contributed by atoms with Crippen LogP contribution in [0.25, 0.3) is 0 Å². The SMILES string of the molecule is CCOc1cc(F)ccc1NC(=O)C(O)c1ccccc1. The fourth-order valence-corrected chi connectivity index (χ4v) is 1.86. The largest absolute Gasteiger partial charge is 0.492 e. The summed E-state index contributed by atoms with van der Waals surface area (Å²) in [5.74, 6) is -0.833. The smallest absolute Gasteiger partial charge is 0.257 e. The molecule has 0 fully saturated rings. The summed E-state index contributed by atoms with van der Waals surface area (Å²) in [5.41, 5.74) is 0.799. The van der Waals surface area contributed by atoms with Crippen LogP contribution in [0.1, 0.15) is 18.6 Å². The number of aliphatic hydroxyl groups excluding tert-OH is 1. The lowest BCUT2D eigenvalue weighted by Gasteiger charge is -2.14. The second-order valence-electron chi connectivity index (χ2n) is 4.38. The van der Waals surface area contributed by atoms with Crippen LogP contribution < -0.4 is 10.1 Å². The Labute approximate surface area is 122 Å². The van der Waals surface area contributed by atoms with Gasteiger partial charge in [0, 0.05) is 6.07 Å². The summed E-state index contributed by atoms with van der Waals surface area (Å²) in [6, 6.07) is 12.4. The summed E-state index contributed by atoms with van der Waals surface area (Å²) in [5, 5.41) is 12.5. The first kappa shape index (κ1) is 15.0. The van der Waals surface area contributed by atoms with E-state index in [4.69, 9.17) is 4.74 Å². The zero-order valence-electron chi connectivity index (χ0n) is 11.5. The summed E-state index contributed by atoms with van der Waals surface area (Å²) in [7, 11) is 0. The maximum absolute atomic E-state index is 13.2. The van der Waals surface area contributed by atoms with E-state index in [0.29, 0.717) is 17.9 Å². The van der Waals surface area contributed by atoms with Gasteiger partial charge in [-0.1, -0.05) is 30.3 Å². The van der Waals surface area contributed by atoms with Crippen LogP contribution in [0.4, 0.5) is 10.1 Å². The van der Waals surface area contributed by atoms with E-state index in [-0.39, 0.29) is 5.75 Å². The number of benzene rings is 2. The molecule has 0 aliphatic carbocycles. The van der Waals surface area contributed by atoms with Crippen molar-refractivity contribution in [1.29, 1.82) is 0 Å². The standard InChI is InChI=1S/C16H16FNO3/c1-2-21-14-10-12(17)8-9-13(14)18-16(20)15(19)11-6-4-3-5-7-11/h3-10,15,19H,2H2,1H3,(H,18,20). The van der Waals surface area contributed by atoms with Gasteiger partial charge in [0.05, 0.1) is 12.3 Å². The Morgan fingerprint density at radius 1 is 1.29 bits per heavy atom. The number of rotatable bonds is 5. The van der Waals surface area contributed by atoms with Crippen LogP contribution in [0.3, 0.4) is 0 Å². The molecule has 0 aliphatic heterocycles. The zero-order valence-corrected chi connectivity index (χ0v) is 11.5. The molecule has 2 aromatic carbocycles. The van der Waals surface area contributed by atoms with Gasteiger partial charge in [-0.2, -0.15) is 0 Å². The van der Waals surface area contributed by atoms with Crippen molar-refractivity contribution in [2.24, 2.45) is 0 Å². The first-order valence-corrected chi connectivity index (χ1v) is 6.58. The molecule has 2 aromatic rings. The second kappa shape index (κ2) is 6.85. The van der Waals surface area contributed by atoms with Crippen molar-refractivity contribution in [3.8, 4) is 5.75 Å². The van der Waals surface area contributed by atoms with E-state index in [1.165, 1.54) is 18.2 Å². The molecule has 1 atom stereocenters. The highest BCUT2D eigenvalue weighted by atomic mass is 19.1. The van der Waals surface area contributed by atoms with E-state index < -0.39 is 17.8 Å². The molecular weight excluding hydrogens is 273 g/mol. The Morgan fingerprint density at radius 3 is 2.67 bits per heavy atom. The molecule has 5 heteroatoms. The van der Waals surface area contributed by atoms with Gasteiger partial charge in [0.15, 0.2) is 6.10 Å². The van der Waals surface area contributed by atoms with E-state index in [0.717, 1.165) is 0 Å². The van der Waals surface area contributed by atoms with Gasteiger partial charge >= 0.3 is 0 Å². The van der Waals surface area contributed by atoms with Gasteiger partial charge < -0.3 is 15.2 Å². The summed E-state index contributed by atoms with van der Waals surface area (Å²) in [4.78, 5) is 12.0. The van der Waals surface area contributed by atoms with Gasteiger partial charge in [-0.15, -0.1) is 0 Å². The molecule has 0 heterocycles. The lowest BCUT2D eigenvalue weighted by molar-refractivity contribution is -0.124. The Balaban J connectivity index is 2.16. The van der Waals surface area contributed by atoms with Gasteiger partial charge in [0.2, 0.25) is 0 Å². The zero-order chi connectivity index (χ0) is 15.2. The molecule has 1 amide bonds. The number of carbonyl (C=O) groups excluding carboxylic acids is 1. The van der Waals surface area contributed by atoms with Crippen LogP contribution in [0.5, 0.6) is 5.75 Å². The van der Waals surface area contributed by atoms with Crippen LogP contribution in [0.15, 0.2) is 48.5 Å². The van der Waals surface area contributed by atoms with Crippen LogP contribution >= 0.6 is 0 Å². The fraction of sp³-hybridized carbons (Fsp3) is 0.188. The lowest BCUT2D eigenvalue weighted by atomic mass is 10.1. The number of halogens is 1. The van der Waals surface area contributed by atoms with E-state index in [1.807, 2.05) is 0 Å². The first-order chi connectivity index (χ1) is 10.1. The van der Waals surface area contributed by atoms with Gasteiger partial charge in [0.25, 0.3) is 5.91 Å². The number of aliphatic hydroxyl groups is 1. The van der Waals surface area contributed by atoms with Crippen molar-refractivity contribution in [1.82, 2.24) is 0 Å². The third-order valence-corrected chi connectivity index (χ3v) is 2.87. The summed E-state index contributed by atoms with van der Waals surface area (Å²) in [6.45, 7) is 2.10. The van der Waals surface area contributed by atoms with E-state index in [1.54, 1.807) is 37.3 Å². The van der Waals surface area contributed by atoms with Crippen molar-refractivity contribution < 1.29 is 19.0 Å². The predicted molar refractivity (Wildman–Crippen MR) is 77.6 cm³/mol. The minimum atomic E-state index is -1.30. The van der Waals surface area contributed by atoms with Crippen molar-refractivity contribution in [2.75, 3.05) is 11.9 Å². The maximum Gasteiger partial charge on any atom is 0.257 e. The molecule has 0 aliphatic rings. The molecule has 2 N–H and O–H groups in total. The quantitative estimate of drug-likeness (QED) is 0.889. The molecule has 1 unspecified atom stereocenters. The fourth-order valence-electron chi connectivity index (χ4n) is 1.86. The van der Waals surface area contributed by atoms with Gasteiger partial charge in [-0.05, 0) is 24.6 Å². The van der Waals surface area contributed by atoms with E-state index >= 15 is 0 Å². The number of nitrogens with one attached hydrogen (secondary N) is 1. The van der Waals surface area contributed by atoms with E-state index in [2.05, 4.69) is 5.32 Å². The highest BCUT2D eigenvalue weighted by Crippen LogP contribution is 2.26. The summed E-state index contributed by atoms with van der Waals surface area (Å²) >= 11 is 0. The number of carbonyl (C=O) groups is 1. The molecule has 0 saturated carbocycles. The molecule has 0 saturated heterocycles. The Morgan fingerprint density at radius 2 is 2.00 bits per heavy atom. The number of ether oxygens (including phenoxy) is 1. The molecule has 4 nitrogen and oxygen atoms in total. The number of anilines is 1. The van der Waals surface area contributed by atoms with Crippen LogP contribution in [-0.4, -0.2) is 17.6 Å². The predicted octanol–water partition coefficient (Wildman–Crippen LogP) is 2.90. The van der Waals surface area contributed by atoms with Crippen molar-refractivity contribution >= 4 is 11.6 Å². The Hall–Kier alpha value is -2.40. The molecule has 2 rings (SSSR count). The number of amides is 1. The summed E-state index contributed by atoms with van der Waals surface area (Å²) < 4.78 is 18.5. The third-order valence-electron chi connectivity index (χ3n) is 2.87. The molecule has 21 heavy (non-hydrogen) atoms. The van der Waals surface area contributed by atoms with Crippen LogP contribution in [-0.2, 0) is 4.79 Å². The highest BCUT2D eigenvalue weighted by molar-refractivity contribution is 5.95. The van der Waals surface area contributed by atoms with Crippen molar-refractivity contribution in [3.63, 3.8) is 0 Å². The molecule has 0 radical (unpaired) electrons. The van der Waals surface area contributed by atoms with Crippen molar-refractivity contribution in [3.05, 3.63) is 59.9 Å². The van der Waals surface area contributed by atoms with Crippen molar-refractivity contribution in [2.45, 2.75) is 13.0 Å². The molecule has 0 aromatic heterocycles. The Kier molecular flexibility index (Phi) is 4.90. The summed E-state index contributed by atoms with van der Waals surface area (Å²) in [6.07, 6.45) is -1.30. The monoisotopic (exact) mass is 289 g/mol. The Bertz CT molecular complexity index is 616. The van der Waals surface area contributed by atoms with Crippen LogP contribution in [0, 0.1) is 5.82 Å². The van der Waals surface area contributed by atoms with Gasteiger partial charge in [-0.25, -0.2) is 4.39 Å². The van der Waals surface area contributed by atoms with E-state index in [9.17, 15) is 14.3 Å². The van der Waals surface area contributed by atoms with Gasteiger partial charge in [0.1, 0.15) is 11.6 Å². The lowest BCUT2D eigenvalue weighted by Crippen LogP contribution is -2.21. The molecule has 110 valence electrons. The van der Waals surface area contributed by atoms with Gasteiger partial charge in [-0.3, -0.25) is 4.79 Å². The minimum Gasteiger partial charge on any atom is -0.492 e. The minimum absolute atomic E-state index is 0.228. The average Bonchev–Trinajstić information content (AvgIpc) is 2.50. The molecule has 0 bridgehead atoms. The molecular formula is C16H16FNO3. The maximum atomic E-state index is 13.2. The number of hydrogen-bond acceptors (Lipinski definition) is 3. The second-order valence-corrected chi connectivity index (χ2v) is 4.38. The number of hydrogen-bond donors (Lipinski definition) is 2. The highest BCUT2D eigenvalue weighted by Gasteiger charge is 2.18. The third kappa shape index (κ3) is 3.79. The van der Waals surface area contributed by atoms with Crippen LogP contribution in [0.2, 0.25) is 0 Å². The topological polar surface area (TPSA) is 58.6 Å². The first-order valence-electron chi connectivity index (χ1n) is 6.58. The molecule has 0 spiro atoms. The average molecular weight is 289 g/mol. The normalized spacial score (nSPS) is 11.8.